The maximum absolute atomic E-state index is 16.8. The molecule has 0 aliphatic heterocycles. The summed E-state index contributed by atoms with van der Waals surface area (Å²) < 4.78 is 16.8. The normalized spacial score (nSPS) is 51.3. The molecule has 148 valence electrons. The quantitative estimate of drug-likeness (QED) is 0.777. The lowest BCUT2D eigenvalue weighted by atomic mass is 9.45. The van der Waals surface area contributed by atoms with Crippen molar-refractivity contribution in [2.24, 2.45) is 34.5 Å². The van der Waals surface area contributed by atoms with Gasteiger partial charge in [-0.25, -0.2) is 4.39 Å². The number of allylic oxidation sites excluding steroid dienone is 4. The minimum absolute atomic E-state index is 0.0224. The van der Waals surface area contributed by atoms with E-state index in [9.17, 15) is 19.8 Å². The number of alkyl halides is 1. The number of aliphatic hydroxyl groups excluding tert-OH is 2. The molecule has 0 radical (unpaired) electrons. The highest BCUT2D eigenvalue weighted by Gasteiger charge is 2.71. The minimum Gasteiger partial charge on any atom is -0.390 e. The summed E-state index contributed by atoms with van der Waals surface area (Å²) in [6.45, 7) is 5.29. The van der Waals surface area contributed by atoms with E-state index in [4.69, 9.17) is 0 Å². The maximum atomic E-state index is 16.8. The molecule has 8 atom stereocenters. The van der Waals surface area contributed by atoms with Crippen LogP contribution in [-0.2, 0) is 9.59 Å². The zero-order valence-corrected chi connectivity index (χ0v) is 16.2. The minimum atomic E-state index is -1.85. The summed E-state index contributed by atoms with van der Waals surface area (Å²) in [7, 11) is 0. The molecule has 4 aliphatic rings. The van der Waals surface area contributed by atoms with E-state index < -0.39 is 29.2 Å². The third kappa shape index (κ3) is 2.21. The highest BCUT2D eigenvalue weighted by molar-refractivity contribution is 6.01. The third-order valence-electron chi connectivity index (χ3n) is 8.48. The Morgan fingerprint density at radius 2 is 2.04 bits per heavy atom. The number of Topliss-reactive ketones (excluding diaryl/α,β-unsaturated/α-hetero) is 1. The zero-order chi connectivity index (χ0) is 19.8. The molecule has 3 saturated carbocycles. The van der Waals surface area contributed by atoms with E-state index in [2.05, 4.69) is 0 Å². The fourth-order valence-corrected chi connectivity index (χ4v) is 7.36. The predicted octanol–water partition coefficient (Wildman–Crippen LogP) is 2.78. The standard InChI is InChI=1S/C22H29FO4/c1-12-8-16-15-5-4-13-9-14(25)6-7-21(13,3)22(15,23)18(27)10-20(16,2)19(12)17(26)11-24/h6-7,9,12,15-16,18-19,24,27H,4-5,8,10-11H2,1-3H3/t12?,15?,16?,18?,19?,20-,21-,22?/m0/s1. The van der Waals surface area contributed by atoms with E-state index in [1.165, 1.54) is 12.2 Å². The van der Waals surface area contributed by atoms with Crippen molar-refractivity contribution in [3.63, 3.8) is 0 Å². The zero-order valence-electron chi connectivity index (χ0n) is 16.2. The summed E-state index contributed by atoms with van der Waals surface area (Å²) in [6, 6.07) is 0. The van der Waals surface area contributed by atoms with Crippen molar-refractivity contribution < 1.29 is 24.2 Å². The molecule has 0 aromatic carbocycles. The van der Waals surface area contributed by atoms with Crippen molar-refractivity contribution in [2.75, 3.05) is 6.61 Å². The van der Waals surface area contributed by atoms with E-state index in [1.54, 1.807) is 13.0 Å². The first-order valence-electron chi connectivity index (χ1n) is 10.0. The van der Waals surface area contributed by atoms with Gasteiger partial charge in [0.2, 0.25) is 0 Å². The maximum Gasteiger partial charge on any atom is 0.178 e. The van der Waals surface area contributed by atoms with E-state index in [0.29, 0.717) is 12.8 Å². The Labute approximate surface area is 159 Å². The smallest absolute Gasteiger partial charge is 0.178 e. The van der Waals surface area contributed by atoms with E-state index >= 15 is 4.39 Å². The summed E-state index contributed by atoms with van der Waals surface area (Å²) in [4.78, 5) is 24.3. The molecule has 6 unspecified atom stereocenters. The summed E-state index contributed by atoms with van der Waals surface area (Å²) in [6.07, 6.45) is 5.53. The molecule has 3 fully saturated rings. The summed E-state index contributed by atoms with van der Waals surface area (Å²) in [5, 5.41) is 20.6. The topological polar surface area (TPSA) is 74.6 Å². The number of halogens is 1. The average molecular weight is 376 g/mol. The summed E-state index contributed by atoms with van der Waals surface area (Å²) >= 11 is 0. The van der Waals surface area contributed by atoms with Gasteiger partial charge in [-0.3, -0.25) is 9.59 Å². The Morgan fingerprint density at radius 3 is 2.70 bits per heavy atom. The van der Waals surface area contributed by atoms with Gasteiger partial charge in [-0.15, -0.1) is 0 Å². The van der Waals surface area contributed by atoms with E-state index in [-0.39, 0.29) is 41.7 Å². The van der Waals surface area contributed by atoms with E-state index in [0.717, 1.165) is 12.0 Å². The number of rotatable bonds is 2. The third-order valence-corrected chi connectivity index (χ3v) is 8.48. The van der Waals surface area contributed by atoms with Gasteiger partial charge in [-0.05, 0) is 62.0 Å². The molecule has 0 heterocycles. The number of fused-ring (bicyclic) bond motifs is 5. The first-order chi connectivity index (χ1) is 12.6. The number of carbonyl (C=O) groups excluding carboxylic acids is 2. The second-order valence-corrected chi connectivity index (χ2v) is 9.67. The SMILES string of the molecule is CC1CC2C3CCC4=CC(=O)C=C[C@]4(C)C3(F)C(O)C[C@]2(C)C1C(=O)CO. The van der Waals surface area contributed by atoms with Crippen LogP contribution in [0.2, 0.25) is 0 Å². The van der Waals surface area contributed by atoms with Gasteiger partial charge >= 0.3 is 0 Å². The van der Waals surface area contributed by atoms with Crippen molar-refractivity contribution in [2.45, 2.75) is 58.2 Å². The largest absolute Gasteiger partial charge is 0.390 e. The average Bonchev–Trinajstić information content (AvgIpc) is 2.86. The monoisotopic (exact) mass is 376 g/mol. The second-order valence-electron chi connectivity index (χ2n) is 9.67. The highest BCUT2D eigenvalue weighted by Crippen LogP contribution is 2.69. The number of hydrogen-bond acceptors (Lipinski definition) is 4. The van der Waals surface area contributed by atoms with Gasteiger partial charge in [0.1, 0.15) is 6.61 Å². The molecule has 0 aromatic heterocycles. The molecular weight excluding hydrogens is 347 g/mol. The molecule has 4 rings (SSSR count). The van der Waals surface area contributed by atoms with Crippen LogP contribution in [0.5, 0.6) is 0 Å². The van der Waals surface area contributed by atoms with Crippen LogP contribution in [0, 0.1) is 34.5 Å². The van der Waals surface area contributed by atoms with Crippen molar-refractivity contribution in [1.29, 1.82) is 0 Å². The summed E-state index contributed by atoms with van der Waals surface area (Å²) in [5.74, 6) is -1.00. The molecule has 0 spiro atoms. The Bertz CT molecular complexity index is 757. The van der Waals surface area contributed by atoms with Crippen molar-refractivity contribution >= 4 is 11.6 Å². The van der Waals surface area contributed by atoms with Gasteiger partial charge in [0.25, 0.3) is 0 Å². The molecule has 0 amide bonds. The van der Waals surface area contributed by atoms with Crippen LogP contribution in [0.3, 0.4) is 0 Å². The van der Waals surface area contributed by atoms with Crippen LogP contribution in [0.25, 0.3) is 0 Å². The summed E-state index contributed by atoms with van der Waals surface area (Å²) in [5.41, 5.74) is -2.59. The van der Waals surface area contributed by atoms with Crippen LogP contribution >= 0.6 is 0 Å². The predicted molar refractivity (Wildman–Crippen MR) is 98.5 cm³/mol. The van der Waals surface area contributed by atoms with Crippen molar-refractivity contribution in [1.82, 2.24) is 0 Å². The van der Waals surface area contributed by atoms with Crippen LogP contribution in [0.15, 0.2) is 23.8 Å². The molecule has 0 bridgehead atoms. The number of aliphatic hydroxyl groups is 2. The van der Waals surface area contributed by atoms with Gasteiger partial charge in [0.05, 0.1) is 6.10 Å². The van der Waals surface area contributed by atoms with Gasteiger partial charge in [0.15, 0.2) is 17.2 Å². The Hall–Kier alpha value is -1.33. The van der Waals surface area contributed by atoms with Gasteiger partial charge in [-0.1, -0.05) is 25.5 Å². The van der Waals surface area contributed by atoms with Gasteiger partial charge < -0.3 is 10.2 Å². The molecule has 27 heavy (non-hydrogen) atoms. The number of carbonyl (C=O) groups is 2. The molecule has 4 aliphatic carbocycles. The van der Waals surface area contributed by atoms with Crippen LogP contribution in [0.4, 0.5) is 4.39 Å². The molecule has 4 nitrogen and oxygen atoms in total. The Kier molecular flexibility index (Phi) is 4.11. The van der Waals surface area contributed by atoms with Gasteiger partial charge in [-0.2, -0.15) is 0 Å². The van der Waals surface area contributed by atoms with Crippen LogP contribution in [-0.4, -0.2) is 40.2 Å². The van der Waals surface area contributed by atoms with Crippen LogP contribution in [0.1, 0.15) is 46.5 Å². The highest BCUT2D eigenvalue weighted by atomic mass is 19.1. The molecule has 5 heteroatoms. The fourth-order valence-electron chi connectivity index (χ4n) is 7.36. The number of ketones is 2. The second kappa shape index (κ2) is 5.84. The first-order valence-corrected chi connectivity index (χ1v) is 10.0. The molecule has 2 N–H and O–H groups in total. The van der Waals surface area contributed by atoms with Crippen molar-refractivity contribution in [3.8, 4) is 0 Å². The fraction of sp³-hybridized carbons (Fsp3) is 0.727. The Morgan fingerprint density at radius 1 is 1.33 bits per heavy atom. The first kappa shape index (κ1) is 19.0. The van der Waals surface area contributed by atoms with Crippen LogP contribution < -0.4 is 0 Å². The lowest BCUT2D eigenvalue weighted by Crippen LogP contribution is -2.66. The number of hydrogen-bond donors (Lipinski definition) is 2. The lowest BCUT2D eigenvalue weighted by Gasteiger charge is -2.62. The molecule has 0 aromatic rings. The molecular formula is C22H29FO4. The lowest BCUT2D eigenvalue weighted by molar-refractivity contribution is -0.195. The molecule has 0 saturated heterocycles. The van der Waals surface area contributed by atoms with Crippen molar-refractivity contribution in [3.05, 3.63) is 23.8 Å². The van der Waals surface area contributed by atoms with Gasteiger partial charge in [0, 0.05) is 17.3 Å². The van der Waals surface area contributed by atoms with E-state index in [1.807, 2.05) is 13.8 Å². The Balaban J connectivity index is 1.80.